The topological polar surface area (TPSA) is 58.5 Å². The standard InChI is InChI=1S/C20H23FN4OS/c21-17-8-16(6-7-19(17)26-11-14-4-2-1-3-5-14)24-20-25-18(12-27-20)15-9-22-13-23-10-15/h6-9,12-14H,1-5,10-11H2,(H,22,23)(H,24,25). The molecular weight excluding hydrogens is 363 g/mol. The number of anilines is 2. The largest absolute Gasteiger partial charge is 0.490 e. The van der Waals surface area contributed by atoms with Crippen LogP contribution in [0.4, 0.5) is 15.2 Å². The monoisotopic (exact) mass is 386 g/mol. The molecule has 1 saturated carbocycles. The molecule has 2 aromatic rings. The smallest absolute Gasteiger partial charge is 0.187 e. The van der Waals surface area contributed by atoms with E-state index in [9.17, 15) is 4.39 Å². The van der Waals surface area contributed by atoms with Crippen LogP contribution in [-0.2, 0) is 0 Å². The summed E-state index contributed by atoms with van der Waals surface area (Å²) in [5.74, 6) is 0.529. The maximum atomic E-state index is 14.4. The Balaban J connectivity index is 1.36. The van der Waals surface area contributed by atoms with Crippen LogP contribution >= 0.6 is 11.3 Å². The highest BCUT2D eigenvalue weighted by Gasteiger charge is 2.15. The summed E-state index contributed by atoms with van der Waals surface area (Å²) in [5, 5.41) is 8.82. The van der Waals surface area contributed by atoms with Crippen LogP contribution in [0.25, 0.3) is 5.57 Å². The van der Waals surface area contributed by atoms with Crippen LogP contribution in [0.1, 0.15) is 37.8 Å². The average Bonchev–Trinajstić information content (AvgIpc) is 3.17. The summed E-state index contributed by atoms with van der Waals surface area (Å²) in [6, 6.07) is 4.98. The van der Waals surface area contributed by atoms with Crippen molar-refractivity contribution in [1.29, 1.82) is 0 Å². The molecule has 7 heteroatoms. The molecule has 0 radical (unpaired) electrons. The van der Waals surface area contributed by atoms with Crippen molar-refractivity contribution in [2.75, 3.05) is 18.5 Å². The molecule has 1 aromatic carbocycles. The van der Waals surface area contributed by atoms with Gasteiger partial charge in [0.05, 0.1) is 25.2 Å². The van der Waals surface area contributed by atoms with Crippen molar-refractivity contribution in [1.82, 2.24) is 10.3 Å². The van der Waals surface area contributed by atoms with Crippen molar-refractivity contribution in [3.8, 4) is 5.75 Å². The number of nitrogens with zero attached hydrogens (tertiary/aromatic N) is 2. The number of aromatic nitrogens is 1. The molecule has 1 aliphatic carbocycles. The second-order valence-electron chi connectivity index (χ2n) is 6.93. The van der Waals surface area contributed by atoms with Gasteiger partial charge in [-0.3, -0.25) is 4.99 Å². The van der Waals surface area contributed by atoms with Gasteiger partial charge in [0.15, 0.2) is 16.7 Å². The Morgan fingerprint density at radius 2 is 2.15 bits per heavy atom. The third-order valence-corrected chi connectivity index (χ3v) is 5.66. The van der Waals surface area contributed by atoms with Crippen LogP contribution in [0.5, 0.6) is 5.75 Å². The van der Waals surface area contributed by atoms with Gasteiger partial charge in [-0.15, -0.1) is 11.3 Å². The molecule has 142 valence electrons. The van der Waals surface area contributed by atoms with Crippen molar-refractivity contribution < 1.29 is 9.13 Å². The van der Waals surface area contributed by atoms with Crippen molar-refractivity contribution in [2.24, 2.45) is 10.9 Å². The number of nitrogens with one attached hydrogen (secondary N) is 2. The van der Waals surface area contributed by atoms with Crippen molar-refractivity contribution in [3.05, 3.63) is 41.3 Å². The molecule has 1 fully saturated rings. The van der Waals surface area contributed by atoms with E-state index in [-0.39, 0.29) is 5.82 Å². The highest BCUT2D eigenvalue weighted by Crippen LogP contribution is 2.29. The molecule has 5 nitrogen and oxygen atoms in total. The van der Waals surface area contributed by atoms with Gasteiger partial charge in [0.1, 0.15) is 0 Å². The first-order valence-corrected chi connectivity index (χ1v) is 10.2. The third kappa shape index (κ3) is 4.66. The van der Waals surface area contributed by atoms with Crippen LogP contribution in [0.15, 0.2) is 34.8 Å². The Bertz CT molecular complexity index is 842. The van der Waals surface area contributed by atoms with Gasteiger partial charge in [0, 0.05) is 28.9 Å². The minimum Gasteiger partial charge on any atom is -0.490 e. The molecule has 0 unspecified atom stereocenters. The Hall–Kier alpha value is -2.41. The van der Waals surface area contributed by atoms with Gasteiger partial charge in [0.25, 0.3) is 0 Å². The van der Waals surface area contributed by atoms with E-state index >= 15 is 0 Å². The summed E-state index contributed by atoms with van der Waals surface area (Å²) in [4.78, 5) is 8.73. The molecule has 2 aliphatic rings. The molecular formula is C20H23FN4OS. The zero-order valence-electron chi connectivity index (χ0n) is 15.1. The summed E-state index contributed by atoms with van der Waals surface area (Å²) < 4.78 is 20.1. The number of ether oxygens (including phenoxy) is 1. The lowest BCUT2D eigenvalue weighted by Crippen LogP contribution is -2.15. The SMILES string of the molecule is Fc1cc(Nc2nc(C3=CNC=NC3)cs2)ccc1OCC1CCCCC1. The second kappa shape index (κ2) is 8.52. The fourth-order valence-corrected chi connectivity index (χ4v) is 4.15. The molecule has 4 rings (SSSR count). The predicted molar refractivity (Wildman–Crippen MR) is 108 cm³/mol. The fourth-order valence-electron chi connectivity index (χ4n) is 3.39. The maximum absolute atomic E-state index is 14.4. The Morgan fingerprint density at radius 1 is 1.26 bits per heavy atom. The molecule has 0 atom stereocenters. The average molecular weight is 386 g/mol. The van der Waals surface area contributed by atoms with E-state index in [1.165, 1.54) is 49.5 Å². The Morgan fingerprint density at radius 3 is 2.93 bits per heavy atom. The zero-order chi connectivity index (χ0) is 18.5. The van der Waals surface area contributed by atoms with Crippen molar-refractivity contribution in [3.63, 3.8) is 0 Å². The zero-order valence-corrected chi connectivity index (χ0v) is 15.9. The minimum absolute atomic E-state index is 0.322. The number of hydrogen-bond donors (Lipinski definition) is 2. The highest BCUT2D eigenvalue weighted by atomic mass is 32.1. The summed E-state index contributed by atoms with van der Waals surface area (Å²) >= 11 is 1.48. The van der Waals surface area contributed by atoms with E-state index < -0.39 is 0 Å². The third-order valence-electron chi connectivity index (χ3n) is 4.90. The molecule has 2 heterocycles. The summed E-state index contributed by atoms with van der Waals surface area (Å²) in [5.41, 5.74) is 2.56. The van der Waals surface area contributed by atoms with Crippen LogP contribution in [0.2, 0.25) is 0 Å². The van der Waals surface area contributed by atoms with Gasteiger partial charge in [-0.2, -0.15) is 0 Å². The molecule has 1 aromatic heterocycles. The van der Waals surface area contributed by atoms with Gasteiger partial charge < -0.3 is 15.4 Å². The fraction of sp³-hybridized carbons (Fsp3) is 0.400. The van der Waals surface area contributed by atoms with Gasteiger partial charge in [0.2, 0.25) is 0 Å². The van der Waals surface area contributed by atoms with Gasteiger partial charge in [-0.25, -0.2) is 9.37 Å². The van der Waals surface area contributed by atoms with Crippen LogP contribution in [0.3, 0.4) is 0 Å². The number of benzene rings is 1. The molecule has 0 bridgehead atoms. The minimum atomic E-state index is -0.346. The van der Waals surface area contributed by atoms with Gasteiger partial charge in [-0.05, 0) is 30.9 Å². The summed E-state index contributed by atoms with van der Waals surface area (Å²) in [7, 11) is 0. The van der Waals surface area contributed by atoms with Crippen LogP contribution in [0, 0.1) is 11.7 Å². The first kappa shape index (κ1) is 18.0. The summed E-state index contributed by atoms with van der Waals surface area (Å²) in [6.45, 7) is 1.21. The highest BCUT2D eigenvalue weighted by molar-refractivity contribution is 7.13. The first-order chi connectivity index (χ1) is 13.3. The van der Waals surface area contributed by atoms with Crippen molar-refractivity contribution in [2.45, 2.75) is 32.1 Å². The van der Waals surface area contributed by atoms with E-state index in [4.69, 9.17) is 4.74 Å². The molecule has 0 spiro atoms. The van der Waals surface area contributed by atoms with E-state index in [1.807, 2.05) is 17.6 Å². The second-order valence-corrected chi connectivity index (χ2v) is 7.79. The molecule has 0 saturated heterocycles. The molecule has 0 amide bonds. The van der Waals surface area contributed by atoms with Crippen LogP contribution in [-0.4, -0.2) is 24.5 Å². The van der Waals surface area contributed by atoms with Crippen LogP contribution < -0.4 is 15.4 Å². The lowest BCUT2D eigenvalue weighted by atomic mass is 9.90. The summed E-state index contributed by atoms with van der Waals surface area (Å²) in [6.07, 6.45) is 9.75. The van der Waals surface area contributed by atoms with E-state index in [1.54, 1.807) is 12.4 Å². The number of hydrogen-bond acceptors (Lipinski definition) is 6. The van der Waals surface area contributed by atoms with Gasteiger partial charge >= 0.3 is 0 Å². The quantitative estimate of drug-likeness (QED) is 0.737. The Labute approximate surface area is 162 Å². The number of thiazole rings is 1. The lowest BCUT2D eigenvalue weighted by Gasteiger charge is -2.21. The normalized spacial score (nSPS) is 17.3. The molecule has 1 aliphatic heterocycles. The first-order valence-electron chi connectivity index (χ1n) is 9.36. The molecule has 27 heavy (non-hydrogen) atoms. The van der Waals surface area contributed by atoms with E-state index in [0.29, 0.717) is 30.5 Å². The lowest BCUT2D eigenvalue weighted by molar-refractivity contribution is 0.202. The number of rotatable bonds is 6. The predicted octanol–water partition coefficient (Wildman–Crippen LogP) is 4.96. The molecule has 2 N–H and O–H groups in total. The maximum Gasteiger partial charge on any atom is 0.187 e. The number of halogens is 1. The van der Waals surface area contributed by atoms with Gasteiger partial charge in [-0.1, -0.05) is 19.3 Å². The van der Waals surface area contributed by atoms with E-state index in [2.05, 4.69) is 20.6 Å². The Kier molecular flexibility index (Phi) is 5.67. The van der Waals surface area contributed by atoms with Crippen molar-refractivity contribution >= 4 is 34.1 Å². The van der Waals surface area contributed by atoms with E-state index in [0.717, 1.165) is 16.4 Å². The number of aliphatic imine (C=N–C) groups is 1.